The summed E-state index contributed by atoms with van der Waals surface area (Å²) in [4.78, 5) is 21.4. The van der Waals surface area contributed by atoms with Crippen molar-refractivity contribution in [1.29, 1.82) is 0 Å². The zero-order valence-corrected chi connectivity index (χ0v) is 17.1. The largest absolute Gasteiger partial charge is 0.506 e. The SMILES string of the molecule is Cc1ccc(O)c(NC(=O)CSc2ncnc3c2C2CCC(C)CC2S3)c1. The van der Waals surface area contributed by atoms with Crippen molar-refractivity contribution in [3.8, 4) is 5.75 Å². The molecule has 1 saturated carbocycles. The molecule has 0 saturated heterocycles. The standard InChI is InChI=1S/C20H23N3O2S2/c1-11-4-6-15(24)14(7-11)23-17(25)9-26-19-18-13-5-3-12(2)8-16(13)27-20(18)22-10-21-19/h4,6-7,10,12-13,16,24H,3,5,8-9H2,1-2H3,(H,23,25). The minimum atomic E-state index is -0.146. The molecule has 1 fully saturated rings. The van der Waals surface area contributed by atoms with Crippen molar-refractivity contribution in [2.24, 2.45) is 5.92 Å². The third-order valence-electron chi connectivity index (χ3n) is 5.26. The summed E-state index contributed by atoms with van der Waals surface area (Å²) in [6, 6.07) is 5.17. The van der Waals surface area contributed by atoms with Gasteiger partial charge in [-0.05, 0) is 43.4 Å². The lowest BCUT2D eigenvalue weighted by Gasteiger charge is -2.29. The second-order valence-electron chi connectivity index (χ2n) is 7.44. The summed E-state index contributed by atoms with van der Waals surface area (Å²) >= 11 is 3.34. The van der Waals surface area contributed by atoms with Gasteiger partial charge in [-0.15, -0.1) is 11.8 Å². The molecular weight excluding hydrogens is 378 g/mol. The molecule has 1 aliphatic heterocycles. The number of nitrogens with zero attached hydrogens (tertiary/aromatic N) is 2. The van der Waals surface area contributed by atoms with Crippen molar-refractivity contribution < 1.29 is 9.90 Å². The minimum absolute atomic E-state index is 0.0810. The van der Waals surface area contributed by atoms with Gasteiger partial charge >= 0.3 is 0 Å². The molecular formula is C20H23N3O2S2. The van der Waals surface area contributed by atoms with Gasteiger partial charge < -0.3 is 10.4 Å². The molecule has 2 heterocycles. The normalized spacial score (nSPS) is 23.6. The van der Waals surface area contributed by atoms with Gasteiger partial charge in [0.15, 0.2) is 0 Å². The molecule has 1 aliphatic carbocycles. The molecule has 1 aromatic carbocycles. The first kappa shape index (κ1) is 18.6. The minimum Gasteiger partial charge on any atom is -0.506 e. The van der Waals surface area contributed by atoms with Gasteiger partial charge in [-0.1, -0.05) is 31.2 Å². The van der Waals surface area contributed by atoms with E-state index in [4.69, 9.17) is 0 Å². The highest BCUT2D eigenvalue weighted by Crippen LogP contribution is 2.54. The smallest absolute Gasteiger partial charge is 0.234 e. The van der Waals surface area contributed by atoms with Crippen LogP contribution >= 0.6 is 23.5 Å². The van der Waals surface area contributed by atoms with Crippen molar-refractivity contribution in [2.45, 2.75) is 54.3 Å². The maximum absolute atomic E-state index is 12.4. The Balaban J connectivity index is 1.45. The number of aryl methyl sites for hydroxylation is 1. The van der Waals surface area contributed by atoms with E-state index in [1.807, 2.05) is 24.8 Å². The fraction of sp³-hybridized carbons (Fsp3) is 0.450. The van der Waals surface area contributed by atoms with Gasteiger partial charge in [0.25, 0.3) is 0 Å². The number of aromatic hydroxyl groups is 1. The third kappa shape index (κ3) is 3.94. The molecule has 0 bridgehead atoms. The van der Waals surface area contributed by atoms with Crippen LogP contribution in [0, 0.1) is 12.8 Å². The van der Waals surface area contributed by atoms with E-state index in [1.165, 1.54) is 36.6 Å². The second kappa shape index (κ2) is 7.72. The van der Waals surface area contributed by atoms with Crippen LogP contribution in [0.15, 0.2) is 34.6 Å². The summed E-state index contributed by atoms with van der Waals surface area (Å²) < 4.78 is 0. The van der Waals surface area contributed by atoms with Crippen LogP contribution in [-0.2, 0) is 4.79 Å². The molecule has 2 N–H and O–H groups in total. The summed E-state index contributed by atoms with van der Waals surface area (Å²) in [5.41, 5.74) is 2.68. The molecule has 1 aromatic heterocycles. The Kier molecular flexibility index (Phi) is 5.32. The van der Waals surface area contributed by atoms with Crippen LogP contribution in [0.1, 0.15) is 43.2 Å². The number of amides is 1. The highest BCUT2D eigenvalue weighted by molar-refractivity contribution is 8.01. The van der Waals surface area contributed by atoms with Crippen LogP contribution in [-0.4, -0.2) is 32.0 Å². The van der Waals surface area contributed by atoms with Crippen LogP contribution in [0.4, 0.5) is 5.69 Å². The van der Waals surface area contributed by atoms with Crippen molar-refractivity contribution in [3.63, 3.8) is 0 Å². The van der Waals surface area contributed by atoms with Crippen molar-refractivity contribution in [2.75, 3.05) is 11.1 Å². The quantitative estimate of drug-likeness (QED) is 0.443. The molecule has 7 heteroatoms. The maximum Gasteiger partial charge on any atom is 0.234 e. The lowest BCUT2D eigenvalue weighted by atomic mass is 9.80. The van der Waals surface area contributed by atoms with Crippen LogP contribution in [0.3, 0.4) is 0 Å². The summed E-state index contributed by atoms with van der Waals surface area (Å²) in [5.74, 6) is 1.47. The summed E-state index contributed by atoms with van der Waals surface area (Å²) in [6.45, 7) is 4.25. The van der Waals surface area contributed by atoms with Crippen LogP contribution in [0.2, 0.25) is 0 Å². The zero-order chi connectivity index (χ0) is 19.0. The van der Waals surface area contributed by atoms with E-state index in [0.717, 1.165) is 21.5 Å². The number of anilines is 1. The number of carbonyl (C=O) groups is 1. The van der Waals surface area contributed by atoms with Gasteiger partial charge in [-0.3, -0.25) is 4.79 Å². The highest BCUT2D eigenvalue weighted by Gasteiger charge is 2.40. The number of carbonyl (C=O) groups excluding carboxylic acids is 1. The molecule has 2 aromatic rings. The van der Waals surface area contributed by atoms with Crippen molar-refractivity contribution >= 4 is 35.1 Å². The number of fused-ring (bicyclic) bond motifs is 3. The Bertz CT molecular complexity index is 874. The topological polar surface area (TPSA) is 75.1 Å². The van der Waals surface area contributed by atoms with Crippen LogP contribution in [0.5, 0.6) is 5.75 Å². The predicted octanol–water partition coefficient (Wildman–Crippen LogP) is 4.60. The fourth-order valence-corrected chi connectivity index (χ4v) is 6.45. The van der Waals surface area contributed by atoms with Crippen LogP contribution < -0.4 is 5.32 Å². The molecule has 1 amide bonds. The number of hydrogen-bond donors (Lipinski definition) is 2. The number of phenols is 1. The molecule has 27 heavy (non-hydrogen) atoms. The molecule has 3 atom stereocenters. The molecule has 3 unspecified atom stereocenters. The Morgan fingerprint density at radius 3 is 3.07 bits per heavy atom. The first-order valence-electron chi connectivity index (χ1n) is 9.25. The maximum atomic E-state index is 12.4. The number of aromatic nitrogens is 2. The summed E-state index contributed by atoms with van der Waals surface area (Å²) in [5, 5.41) is 15.3. The summed E-state index contributed by atoms with van der Waals surface area (Å²) in [6.07, 6.45) is 5.26. The number of phenolic OH excluding ortho intramolecular Hbond substituents is 1. The predicted molar refractivity (Wildman–Crippen MR) is 110 cm³/mol. The monoisotopic (exact) mass is 401 g/mol. The number of rotatable bonds is 4. The third-order valence-corrected chi connectivity index (χ3v) is 7.64. The van der Waals surface area contributed by atoms with Gasteiger partial charge in [-0.2, -0.15) is 0 Å². The fourth-order valence-electron chi connectivity index (χ4n) is 3.89. The van der Waals surface area contributed by atoms with Gasteiger partial charge in [0, 0.05) is 16.7 Å². The number of nitrogens with one attached hydrogen (secondary N) is 1. The molecule has 0 radical (unpaired) electrons. The Labute approximate surface area is 167 Å². The van der Waals surface area contributed by atoms with E-state index in [9.17, 15) is 9.90 Å². The average molecular weight is 402 g/mol. The highest BCUT2D eigenvalue weighted by atomic mass is 32.2. The van der Waals surface area contributed by atoms with E-state index in [-0.39, 0.29) is 17.4 Å². The van der Waals surface area contributed by atoms with Crippen LogP contribution in [0.25, 0.3) is 0 Å². The number of benzene rings is 1. The van der Waals surface area contributed by atoms with Gasteiger partial charge in [0.05, 0.1) is 11.4 Å². The lowest BCUT2D eigenvalue weighted by Crippen LogP contribution is -2.21. The van der Waals surface area contributed by atoms with E-state index >= 15 is 0 Å². The summed E-state index contributed by atoms with van der Waals surface area (Å²) in [7, 11) is 0. The first-order chi connectivity index (χ1) is 13.0. The molecule has 2 aliphatic rings. The molecule has 0 spiro atoms. The molecule has 4 rings (SSSR count). The van der Waals surface area contributed by atoms with Gasteiger partial charge in [0.1, 0.15) is 22.1 Å². The number of thioether (sulfide) groups is 2. The Morgan fingerprint density at radius 1 is 1.37 bits per heavy atom. The van der Waals surface area contributed by atoms with E-state index in [2.05, 4.69) is 22.2 Å². The van der Waals surface area contributed by atoms with Crippen molar-refractivity contribution in [3.05, 3.63) is 35.7 Å². The average Bonchev–Trinajstić information content (AvgIpc) is 3.01. The Hall–Kier alpha value is -1.73. The van der Waals surface area contributed by atoms with Crippen molar-refractivity contribution in [1.82, 2.24) is 9.97 Å². The van der Waals surface area contributed by atoms with Gasteiger partial charge in [-0.25, -0.2) is 9.97 Å². The van der Waals surface area contributed by atoms with E-state index in [1.54, 1.807) is 18.5 Å². The van der Waals surface area contributed by atoms with E-state index < -0.39 is 0 Å². The Morgan fingerprint density at radius 2 is 2.22 bits per heavy atom. The number of hydrogen-bond acceptors (Lipinski definition) is 6. The zero-order valence-electron chi connectivity index (χ0n) is 15.4. The van der Waals surface area contributed by atoms with E-state index in [0.29, 0.717) is 16.9 Å². The second-order valence-corrected chi connectivity index (χ2v) is 9.63. The van der Waals surface area contributed by atoms with Gasteiger partial charge in [0.2, 0.25) is 5.91 Å². The molecule has 142 valence electrons. The molecule has 5 nitrogen and oxygen atoms in total. The lowest BCUT2D eigenvalue weighted by molar-refractivity contribution is -0.113. The first-order valence-corrected chi connectivity index (χ1v) is 11.1.